The fraction of sp³-hybridized carbons (Fsp3) is 0.294. The zero-order valence-electron chi connectivity index (χ0n) is 23.4. The van der Waals surface area contributed by atoms with Crippen molar-refractivity contribution in [2.75, 3.05) is 6.61 Å². The molecule has 0 bridgehead atoms. The van der Waals surface area contributed by atoms with Crippen LogP contribution in [0.5, 0.6) is 0 Å². The van der Waals surface area contributed by atoms with Crippen molar-refractivity contribution in [1.82, 2.24) is 0 Å². The average molecular weight is 566 g/mol. The summed E-state index contributed by atoms with van der Waals surface area (Å²) in [6, 6.07) is 39.6. The van der Waals surface area contributed by atoms with Crippen LogP contribution < -0.4 is 0 Å². The molecule has 5 rings (SSSR count). The minimum atomic E-state index is -0.943. The van der Waals surface area contributed by atoms with Gasteiger partial charge in [-0.25, -0.2) is 0 Å². The van der Waals surface area contributed by atoms with E-state index in [-0.39, 0.29) is 13.2 Å². The van der Waals surface area contributed by atoms with Crippen molar-refractivity contribution in [3.63, 3.8) is 0 Å². The lowest BCUT2D eigenvalue weighted by Crippen LogP contribution is -2.60. The Morgan fingerprint density at radius 2 is 0.952 bits per heavy atom. The molecule has 4 aromatic carbocycles. The fourth-order valence-electron chi connectivity index (χ4n) is 4.91. The molecule has 42 heavy (non-hydrogen) atoms. The van der Waals surface area contributed by atoms with Crippen molar-refractivity contribution in [1.29, 1.82) is 0 Å². The van der Waals surface area contributed by atoms with Crippen molar-refractivity contribution >= 4 is 0 Å². The largest absolute Gasteiger partial charge is 0.374 e. The Labute approximate surface area is 246 Å². The molecule has 0 aliphatic carbocycles. The summed E-state index contributed by atoms with van der Waals surface area (Å²) in [4.78, 5) is 3.08. The zero-order chi connectivity index (χ0) is 28.8. The van der Waals surface area contributed by atoms with Crippen molar-refractivity contribution in [2.45, 2.75) is 57.1 Å². The molecular weight excluding hydrogens is 530 g/mol. The van der Waals surface area contributed by atoms with E-state index in [9.17, 15) is 5.53 Å². The first-order valence-corrected chi connectivity index (χ1v) is 14.1. The van der Waals surface area contributed by atoms with Crippen LogP contribution in [0.15, 0.2) is 126 Å². The van der Waals surface area contributed by atoms with Crippen molar-refractivity contribution < 1.29 is 23.7 Å². The summed E-state index contributed by atoms with van der Waals surface area (Å²) >= 11 is 0. The molecule has 0 radical (unpaired) electrons. The van der Waals surface area contributed by atoms with E-state index in [4.69, 9.17) is 23.7 Å². The zero-order valence-corrected chi connectivity index (χ0v) is 23.4. The maximum atomic E-state index is 9.46. The highest BCUT2D eigenvalue weighted by Crippen LogP contribution is 2.31. The molecular formula is C34H35N3O5. The monoisotopic (exact) mass is 565 g/mol. The van der Waals surface area contributed by atoms with Crippen LogP contribution in [0.4, 0.5) is 0 Å². The molecule has 4 aromatic rings. The lowest BCUT2D eigenvalue weighted by atomic mass is 9.97. The van der Waals surface area contributed by atoms with Crippen LogP contribution in [0.25, 0.3) is 10.4 Å². The molecule has 0 unspecified atom stereocenters. The highest BCUT2D eigenvalue weighted by atomic mass is 16.6. The van der Waals surface area contributed by atoms with Gasteiger partial charge in [-0.3, -0.25) is 0 Å². The number of benzene rings is 4. The van der Waals surface area contributed by atoms with Crippen LogP contribution in [-0.2, 0) is 50.1 Å². The van der Waals surface area contributed by atoms with Gasteiger partial charge in [-0.15, -0.1) is 0 Å². The van der Waals surface area contributed by atoms with Crippen LogP contribution in [0, 0.1) is 0 Å². The Morgan fingerprint density at radius 3 is 1.40 bits per heavy atom. The summed E-state index contributed by atoms with van der Waals surface area (Å²) in [5, 5.41) is 3.99. The quantitative estimate of drug-likeness (QED) is 0.0933. The second-order valence-corrected chi connectivity index (χ2v) is 10.1. The summed E-state index contributed by atoms with van der Waals surface area (Å²) in [7, 11) is 0. The molecule has 1 aliphatic rings. The van der Waals surface area contributed by atoms with Crippen LogP contribution >= 0.6 is 0 Å². The third-order valence-electron chi connectivity index (χ3n) is 7.02. The van der Waals surface area contributed by atoms with E-state index in [1.165, 1.54) is 0 Å². The minimum absolute atomic E-state index is 0.211. The molecule has 1 saturated heterocycles. The van der Waals surface area contributed by atoms with Gasteiger partial charge in [0, 0.05) is 4.91 Å². The third kappa shape index (κ3) is 8.50. The van der Waals surface area contributed by atoms with E-state index in [2.05, 4.69) is 10.0 Å². The van der Waals surface area contributed by atoms with Gasteiger partial charge < -0.3 is 23.7 Å². The highest BCUT2D eigenvalue weighted by Gasteiger charge is 2.48. The predicted molar refractivity (Wildman–Crippen MR) is 159 cm³/mol. The van der Waals surface area contributed by atoms with Crippen LogP contribution in [0.3, 0.4) is 0 Å². The molecule has 1 fully saturated rings. The lowest BCUT2D eigenvalue weighted by Gasteiger charge is -2.45. The van der Waals surface area contributed by atoms with Crippen molar-refractivity contribution in [2.24, 2.45) is 5.11 Å². The highest BCUT2D eigenvalue weighted by molar-refractivity contribution is 5.16. The molecule has 1 heterocycles. The molecule has 8 nitrogen and oxygen atoms in total. The van der Waals surface area contributed by atoms with E-state index < -0.39 is 30.6 Å². The van der Waals surface area contributed by atoms with Gasteiger partial charge in [-0.1, -0.05) is 126 Å². The van der Waals surface area contributed by atoms with Gasteiger partial charge in [-0.2, -0.15) is 0 Å². The topological polar surface area (TPSA) is 94.9 Å². The molecule has 0 aromatic heterocycles. The molecule has 1 aliphatic heterocycles. The summed E-state index contributed by atoms with van der Waals surface area (Å²) < 4.78 is 32.0. The predicted octanol–water partition coefficient (Wildman–Crippen LogP) is 6.99. The van der Waals surface area contributed by atoms with E-state index in [1.54, 1.807) is 0 Å². The van der Waals surface area contributed by atoms with Crippen LogP contribution in [0.1, 0.15) is 22.3 Å². The smallest absolute Gasteiger partial charge is 0.165 e. The number of hydrogen-bond acceptors (Lipinski definition) is 6. The first kappa shape index (κ1) is 29.5. The van der Waals surface area contributed by atoms with E-state index >= 15 is 0 Å². The molecule has 0 spiro atoms. The summed E-state index contributed by atoms with van der Waals surface area (Å²) in [6.45, 7) is 1.57. The molecule has 8 heteroatoms. The normalized spacial score (nSPS) is 21.9. The molecule has 0 saturated carbocycles. The fourth-order valence-corrected chi connectivity index (χ4v) is 4.91. The van der Waals surface area contributed by atoms with Crippen LogP contribution in [-0.4, -0.2) is 37.3 Å². The Kier molecular flexibility index (Phi) is 11.1. The lowest BCUT2D eigenvalue weighted by molar-refractivity contribution is -0.271. The summed E-state index contributed by atoms with van der Waals surface area (Å²) in [6.07, 6.45) is -3.44. The second kappa shape index (κ2) is 15.8. The van der Waals surface area contributed by atoms with Gasteiger partial charge >= 0.3 is 0 Å². The molecule has 0 amide bonds. The van der Waals surface area contributed by atoms with Gasteiger partial charge in [0.05, 0.1) is 33.0 Å². The van der Waals surface area contributed by atoms with Gasteiger partial charge in [0.25, 0.3) is 0 Å². The maximum Gasteiger partial charge on any atom is 0.165 e. The first-order chi connectivity index (χ1) is 20.8. The summed E-state index contributed by atoms with van der Waals surface area (Å²) in [5.41, 5.74) is 13.5. The number of ether oxygens (including phenoxy) is 5. The Morgan fingerprint density at radius 1 is 0.548 bits per heavy atom. The van der Waals surface area contributed by atoms with Gasteiger partial charge in [0.1, 0.15) is 24.4 Å². The third-order valence-corrected chi connectivity index (χ3v) is 7.02. The van der Waals surface area contributed by atoms with Gasteiger partial charge in [-0.05, 0) is 27.8 Å². The Hall–Kier alpha value is -4.01. The molecule has 0 N–H and O–H groups in total. The van der Waals surface area contributed by atoms with Crippen molar-refractivity contribution in [3.05, 3.63) is 154 Å². The van der Waals surface area contributed by atoms with E-state index in [0.29, 0.717) is 19.8 Å². The molecule has 216 valence electrons. The van der Waals surface area contributed by atoms with Crippen LogP contribution in [0.2, 0.25) is 0 Å². The van der Waals surface area contributed by atoms with Gasteiger partial charge in [0.15, 0.2) is 6.23 Å². The summed E-state index contributed by atoms with van der Waals surface area (Å²) in [5.74, 6) is 0. The van der Waals surface area contributed by atoms with E-state index in [0.717, 1.165) is 22.3 Å². The number of nitrogens with zero attached hydrogens (tertiary/aromatic N) is 3. The van der Waals surface area contributed by atoms with E-state index in [1.807, 2.05) is 121 Å². The maximum absolute atomic E-state index is 9.46. The molecule has 5 atom stereocenters. The SMILES string of the molecule is [N-]=[N+]=N[C@H]1O[C@H](COCc2ccccc2)[C@@H](OCc2ccccc2)[C@H](OCc2ccccc2)[C@@H]1OCc1ccccc1. The Balaban J connectivity index is 1.41. The average Bonchev–Trinajstić information content (AvgIpc) is 3.05. The van der Waals surface area contributed by atoms with Crippen molar-refractivity contribution in [3.8, 4) is 0 Å². The second-order valence-electron chi connectivity index (χ2n) is 10.1. The van der Waals surface area contributed by atoms with Gasteiger partial charge in [0.2, 0.25) is 0 Å². The Bertz CT molecular complexity index is 1370. The number of hydrogen-bond donors (Lipinski definition) is 0. The minimum Gasteiger partial charge on any atom is -0.374 e. The number of rotatable bonds is 14. The number of azide groups is 1. The standard InChI is InChI=1S/C34H35N3O5/c35-37-36-34-33(41-24-29-19-11-4-12-20-29)32(40-23-28-17-9-3-10-18-28)31(39-22-27-15-7-2-8-16-27)30(42-34)25-38-21-26-13-5-1-6-14-26/h1-20,30-34H,21-25H2/t30-,31-,32+,33+,34+/m1/s1. The first-order valence-electron chi connectivity index (χ1n) is 14.1.